The lowest BCUT2D eigenvalue weighted by atomic mass is 10.3. The monoisotopic (exact) mass is 253 g/mol. The summed E-state index contributed by atoms with van der Waals surface area (Å²) < 4.78 is 23.9. The average molecular weight is 253 g/mol. The molecule has 0 spiro atoms. The van der Waals surface area contributed by atoms with Crippen molar-refractivity contribution < 1.29 is 13.5 Å². The zero-order chi connectivity index (χ0) is 12.5. The number of hydrogen-bond acceptors (Lipinski definition) is 5. The second-order valence-electron chi connectivity index (χ2n) is 3.58. The van der Waals surface area contributed by atoms with Crippen LogP contribution in [0.1, 0.15) is 5.56 Å². The molecule has 0 unspecified atom stereocenters. The highest BCUT2D eigenvalue weighted by Crippen LogP contribution is 2.10. The van der Waals surface area contributed by atoms with Crippen molar-refractivity contribution in [1.29, 1.82) is 0 Å². The molecule has 0 amide bonds. The van der Waals surface area contributed by atoms with Crippen LogP contribution in [-0.2, 0) is 16.4 Å². The first kappa shape index (κ1) is 11.7. The predicted octanol–water partition coefficient (Wildman–Crippen LogP) is 0.163. The van der Waals surface area contributed by atoms with Crippen molar-refractivity contribution in [3.05, 3.63) is 36.3 Å². The van der Waals surface area contributed by atoms with Gasteiger partial charge in [0.15, 0.2) is 15.7 Å². The van der Waals surface area contributed by atoms with E-state index in [9.17, 15) is 8.42 Å². The predicted molar refractivity (Wildman–Crippen MR) is 60.4 cm³/mol. The van der Waals surface area contributed by atoms with E-state index in [1.165, 1.54) is 23.3 Å². The summed E-state index contributed by atoms with van der Waals surface area (Å²) in [4.78, 5) is 4.20. The maximum atomic E-state index is 11.3. The third-order valence-electron chi connectivity index (χ3n) is 2.21. The Morgan fingerprint density at radius 3 is 2.59 bits per heavy atom. The molecule has 0 bridgehead atoms. The van der Waals surface area contributed by atoms with Crippen LogP contribution in [0.25, 0.3) is 5.82 Å². The fourth-order valence-corrected chi connectivity index (χ4v) is 1.80. The molecule has 0 aromatic carbocycles. The summed E-state index contributed by atoms with van der Waals surface area (Å²) in [6.45, 7) is -0.0824. The molecule has 6 nitrogen and oxygen atoms in total. The molecule has 1 N–H and O–H groups in total. The van der Waals surface area contributed by atoms with Gasteiger partial charge in [-0.15, -0.1) is 0 Å². The SMILES string of the molecule is CS(=O)(=O)c1cnn(-c2ccc(CO)cn2)c1. The van der Waals surface area contributed by atoms with Crippen LogP contribution in [0, 0.1) is 0 Å². The fraction of sp³-hybridized carbons (Fsp3) is 0.200. The van der Waals surface area contributed by atoms with E-state index in [-0.39, 0.29) is 11.5 Å². The first-order chi connectivity index (χ1) is 8.00. The minimum absolute atomic E-state index is 0.0824. The molecule has 0 saturated carbocycles. The lowest BCUT2D eigenvalue weighted by Gasteiger charge is -2.00. The van der Waals surface area contributed by atoms with E-state index in [1.807, 2.05) is 0 Å². The van der Waals surface area contributed by atoms with Crippen LogP contribution < -0.4 is 0 Å². The molecule has 0 aliphatic heterocycles. The van der Waals surface area contributed by atoms with Crippen molar-refractivity contribution in [2.24, 2.45) is 0 Å². The van der Waals surface area contributed by atoms with Crippen LogP contribution in [0.15, 0.2) is 35.6 Å². The van der Waals surface area contributed by atoms with E-state index in [0.717, 1.165) is 6.26 Å². The molecule has 7 heteroatoms. The largest absolute Gasteiger partial charge is 0.392 e. The molecule has 2 heterocycles. The molecule has 17 heavy (non-hydrogen) atoms. The van der Waals surface area contributed by atoms with Crippen molar-refractivity contribution in [3.63, 3.8) is 0 Å². The van der Waals surface area contributed by atoms with E-state index in [0.29, 0.717) is 11.4 Å². The van der Waals surface area contributed by atoms with Crippen molar-refractivity contribution >= 4 is 9.84 Å². The van der Waals surface area contributed by atoms with Gasteiger partial charge >= 0.3 is 0 Å². The Morgan fingerprint density at radius 2 is 2.12 bits per heavy atom. The van der Waals surface area contributed by atoms with Gasteiger partial charge in [0, 0.05) is 12.5 Å². The van der Waals surface area contributed by atoms with Crippen LogP contribution in [0.4, 0.5) is 0 Å². The molecule has 2 aromatic heterocycles. The summed E-state index contributed by atoms with van der Waals surface area (Å²) in [5.74, 6) is 0.497. The molecule has 0 atom stereocenters. The summed E-state index contributed by atoms with van der Waals surface area (Å²) >= 11 is 0. The standard InChI is InChI=1S/C10H11N3O3S/c1-17(15,16)9-5-12-13(6-9)10-3-2-8(7-14)4-11-10/h2-6,14H,7H2,1H3. The highest BCUT2D eigenvalue weighted by molar-refractivity contribution is 7.90. The minimum atomic E-state index is -3.25. The van der Waals surface area contributed by atoms with Gasteiger partial charge in [-0.3, -0.25) is 0 Å². The van der Waals surface area contributed by atoms with Gasteiger partial charge in [-0.25, -0.2) is 18.1 Å². The third kappa shape index (κ3) is 2.51. The molecule has 0 fully saturated rings. The van der Waals surface area contributed by atoms with Gasteiger partial charge in [0.2, 0.25) is 0 Å². The number of aliphatic hydroxyl groups is 1. The summed E-state index contributed by atoms with van der Waals surface area (Å²) in [5.41, 5.74) is 0.684. The van der Waals surface area contributed by atoms with Gasteiger partial charge in [0.05, 0.1) is 19.0 Å². The maximum Gasteiger partial charge on any atom is 0.178 e. The second kappa shape index (κ2) is 4.27. The topological polar surface area (TPSA) is 85.1 Å². The Labute approximate surface area is 98.5 Å². The van der Waals surface area contributed by atoms with Gasteiger partial charge in [-0.05, 0) is 11.6 Å². The number of nitrogens with zero attached hydrogens (tertiary/aromatic N) is 3. The molecule has 90 valence electrons. The molecule has 2 aromatic rings. The maximum absolute atomic E-state index is 11.3. The Hall–Kier alpha value is -1.73. The molecular formula is C10H11N3O3S. The Morgan fingerprint density at radius 1 is 1.35 bits per heavy atom. The van der Waals surface area contributed by atoms with Crippen molar-refractivity contribution in [3.8, 4) is 5.82 Å². The highest BCUT2D eigenvalue weighted by Gasteiger charge is 2.10. The van der Waals surface area contributed by atoms with Crippen LogP contribution in [0.5, 0.6) is 0 Å². The van der Waals surface area contributed by atoms with E-state index in [1.54, 1.807) is 12.1 Å². The normalized spacial score (nSPS) is 11.6. The minimum Gasteiger partial charge on any atom is -0.392 e. The van der Waals surface area contributed by atoms with Crippen molar-refractivity contribution in [1.82, 2.24) is 14.8 Å². The third-order valence-corrected chi connectivity index (χ3v) is 3.28. The van der Waals surface area contributed by atoms with E-state index < -0.39 is 9.84 Å². The lowest BCUT2D eigenvalue weighted by molar-refractivity contribution is 0.281. The Balaban J connectivity index is 2.37. The van der Waals surface area contributed by atoms with Gasteiger partial charge in [-0.2, -0.15) is 5.10 Å². The first-order valence-corrected chi connectivity index (χ1v) is 6.71. The number of pyridine rings is 1. The summed E-state index contributed by atoms with van der Waals surface area (Å²) in [5, 5.41) is 12.8. The molecule has 0 radical (unpaired) electrons. The van der Waals surface area contributed by atoms with Gasteiger partial charge in [0.1, 0.15) is 4.90 Å². The molecular weight excluding hydrogens is 242 g/mol. The fourth-order valence-electron chi connectivity index (χ4n) is 1.27. The van der Waals surface area contributed by atoms with Crippen molar-refractivity contribution in [2.75, 3.05) is 6.26 Å². The Kier molecular flexibility index (Phi) is 2.95. The van der Waals surface area contributed by atoms with Crippen LogP contribution in [0.2, 0.25) is 0 Å². The lowest BCUT2D eigenvalue weighted by Crippen LogP contribution is -1.99. The Bertz CT molecular complexity index is 617. The number of aliphatic hydroxyl groups excluding tert-OH is 1. The van der Waals surface area contributed by atoms with Gasteiger partial charge in [-0.1, -0.05) is 6.07 Å². The van der Waals surface area contributed by atoms with Crippen LogP contribution in [0.3, 0.4) is 0 Å². The van der Waals surface area contributed by atoms with Crippen LogP contribution in [-0.4, -0.2) is 34.5 Å². The van der Waals surface area contributed by atoms with Gasteiger partial charge < -0.3 is 5.11 Å². The summed E-state index contributed by atoms with van der Waals surface area (Å²) in [6, 6.07) is 3.36. The zero-order valence-corrected chi connectivity index (χ0v) is 9.92. The highest BCUT2D eigenvalue weighted by atomic mass is 32.2. The van der Waals surface area contributed by atoms with E-state index in [2.05, 4.69) is 10.1 Å². The summed E-state index contributed by atoms with van der Waals surface area (Å²) in [6.07, 6.45) is 5.31. The zero-order valence-electron chi connectivity index (χ0n) is 9.11. The summed E-state index contributed by atoms with van der Waals surface area (Å²) in [7, 11) is -3.25. The smallest absolute Gasteiger partial charge is 0.178 e. The number of aromatic nitrogens is 3. The number of sulfone groups is 1. The van der Waals surface area contributed by atoms with Crippen LogP contribution >= 0.6 is 0 Å². The molecule has 0 saturated heterocycles. The number of rotatable bonds is 3. The second-order valence-corrected chi connectivity index (χ2v) is 5.59. The van der Waals surface area contributed by atoms with E-state index >= 15 is 0 Å². The van der Waals surface area contributed by atoms with Gasteiger partial charge in [0.25, 0.3) is 0 Å². The first-order valence-electron chi connectivity index (χ1n) is 4.81. The average Bonchev–Trinajstić information content (AvgIpc) is 2.78. The molecule has 0 aliphatic carbocycles. The quantitative estimate of drug-likeness (QED) is 0.842. The molecule has 2 rings (SSSR count). The van der Waals surface area contributed by atoms with E-state index in [4.69, 9.17) is 5.11 Å². The molecule has 0 aliphatic rings. The van der Waals surface area contributed by atoms with Crippen molar-refractivity contribution in [2.45, 2.75) is 11.5 Å². The number of hydrogen-bond donors (Lipinski definition) is 1.